The summed E-state index contributed by atoms with van der Waals surface area (Å²) in [6.45, 7) is 4.87. The van der Waals surface area contributed by atoms with E-state index in [1.54, 1.807) is 19.9 Å². The predicted octanol–water partition coefficient (Wildman–Crippen LogP) is 4.65. The first-order chi connectivity index (χ1) is 12.0. The van der Waals surface area contributed by atoms with E-state index in [1.165, 1.54) is 30.4 Å². The van der Waals surface area contributed by atoms with Crippen LogP contribution in [0.4, 0.5) is 18.9 Å². The quantitative estimate of drug-likeness (QED) is 0.755. The molecule has 0 bridgehead atoms. The van der Waals surface area contributed by atoms with E-state index in [-0.39, 0.29) is 5.78 Å². The largest absolute Gasteiger partial charge is 0.484 e. The van der Waals surface area contributed by atoms with Crippen LogP contribution in [-0.2, 0) is 6.18 Å². The molecule has 2 unspecified atom stereocenters. The molecule has 1 aromatic heterocycles. The van der Waals surface area contributed by atoms with Crippen LogP contribution >= 0.6 is 11.3 Å². The number of aliphatic hydroxyl groups is 1. The number of carbonyl (C=O) groups excluding carboxylic acids is 1. The number of Topliss-reactive ketones (excluding diaryl/α,β-unsaturated/α-hetero) is 1. The minimum absolute atomic E-state index is 0.117. The van der Waals surface area contributed by atoms with Crippen molar-refractivity contribution in [3.8, 4) is 5.75 Å². The number of aliphatic hydroxyl groups excluding tert-OH is 1. The maximum absolute atomic E-state index is 12.7. The number of benzene rings is 1. The number of thiophene rings is 1. The van der Waals surface area contributed by atoms with Gasteiger partial charge in [-0.3, -0.25) is 4.79 Å². The smallest absolute Gasteiger partial charge is 0.416 e. The molecule has 8 heteroatoms. The van der Waals surface area contributed by atoms with Crippen molar-refractivity contribution < 1.29 is 27.8 Å². The Balaban J connectivity index is 1.94. The van der Waals surface area contributed by atoms with E-state index in [1.807, 2.05) is 0 Å². The monoisotopic (exact) mass is 385 g/mol. The fraction of sp³-hybridized carbons (Fsp3) is 0.389. The third-order valence-electron chi connectivity index (χ3n) is 4.29. The Morgan fingerprint density at radius 1 is 1.27 bits per heavy atom. The lowest BCUT2D eigenvalue weighted by Gasteiger charge is -2.41. The summed E-state index contributed by atoms with van der Waals surface area (Å²) in [6.07, 6.45) is -5.37. The zero-order valence-electron chi connectivity index (χ0n) is 14.3. The van der Waals surface area contributed by atoms with Gasteiger partial charge in [0.1, 0.15) is 17.5 Å². The van der Waals surface area contributed by atoms with Gasteiger partial charge in [-0.25, -0.2) is 0 Å². The van der Waals surface area contributed by atoms with Crippen molar-refractivity contribution in [2.24, 2.45) is 0 Å². The molecule has 2 atom stereocenters. The number of alkyl halides is 3. The van der Waals surface area contributed by atoms with Gasteiger partial charge in [-0.1, -0.05) is 0 Å². The van der Waals surface area contributed by atoms with Crippen LogP contribution in [0, 0.1) is 0 Å². The Morgan fingerprint density at radius 2 is 1.88 bits per heavy atom. The second-order valence-corrected chi connectivity index (χ2v) is 7.83. The molecule has 4 nitrogen and oxygen atoms in total. The Morgan fingerprint density at radius 3 is 2.42 bits per heavy atom. The van der Waals surface area contributed by atoms with E-state index in [0.717, 1.165) is 12.1 Å². The van der Waals surface area contributed by atoms with Gasteiger partial charge in [0.2, 0.25) is 0 Å². The fourth-order valence-electron chi connectivity index (χ4n) is 2.83. The van der Waals surface area contributed by atoms with E-state index >= 15 is 0 Å². The van der Waals surface area contributed by atoms with Gasteiger partial charge in [-0.05, 0) is 45.0 Å². The molecule has 1 aliphatic heterocycles. The Kier molecular flexibility index (Phi) is 4.52. The summed E-state index contributed by atoms with van der Waals surface area (Å²) in [5, 5.41) is 13.8. The molecular weight excluding hydrogens is 367 g/mol. The lowest BCUT2D eigenvalue weighted by molar-refractivity contribution is -0.137. The van der Waals surface area contributed by atoms with Gasteiger partial charge < -0.3 is 15.2 Å². The molecule has 2 heterocycles. The number of rotatable bonds is 3. The average molecular weight is 385 g/mol. The van der Waals surface area contributed by atoms with Crippen LogP contribution in [0.5, 0.6) is 5.75 Å². The second kappa shape index (κ2) is 6.28. The summed E-state index contributed by atoms with van der Waals surface area (Å²) in [5.41, 5.74) is -1.24. The number of carbonyl (C=O) groups is 1. The third-order valence-corrected chi connectivity index (χ3v) is 5.59. The standard InChI is InChI=1S/C18H18F3NO3S/c1-9(23)13-8-12-15(26-13)14(16(24)17(2,3)25-12)22-11-6-4-10(5-7-11)18(19,20)21/h4-8,14,16,22,24H,1-3H3. The van der Waals surface area contributed by atoms with Gasteiger partial charge in [0.25, 0.3) is 0 Å². The van der Waals surface area contributed by atoms with E-state index in [4.69, 9.17) is 4.74 Å². The van der Waals surface area contributed by atoms with E-state index in [0.29, 0.717) is 21.2 Å². The zero-order valence-corrected chi connectivity index (χ0v) is 15.2. The highest BCUT2D eigenvalue weighted by Gasteiger charge is 2.44. The van der Waals surface area contributed by atoms with Crippen molar-refractivity contribution in [2.45, 2.75) is 44.7 Å². The SMILES string of the molecule is CC(=O)c1cc2c(s1)C(Nc1ccc(C(F)(F)F)cc1)C(O)C(C)(C)O2. The van der Waals surface area contributed by atoms with E-state index in [2.05, 4.69) is 5.32 Å². The van der Waals surface area contributed by atoms with Crippen LogP contribution in [0.3, 0.4) is 0 Å². The molecule has 1 aromatic carbocycles. The normalized spacial score (nSPS) is 21.7. The lowest BCUT2D eigenvalue weighted by Crippen LogP contribution is -2.50. The molecule has 3 rings (SSSR count). The molecule has 0 saturated heterocycles. The van der Waals surface area contributed by atoms with Gasteiger partial charge in [0.05, 0.1) is 21.4 Å². The zero-order chi connectivity index (χ0) is 19.3. The molecule has 0 saturated carbocycles. The van der Waals surface area contributed by atoms with Crippen LogP contribution in [0.25, 0.3) is 0 Å². The molecule has 0 fully saturated rings. The van der Waals surface area contributed by atoms with Crippen molar-refractivity contribution in [3.05, 3.63) is 45.6 Å². The van der Waals surface area contributed by atoms with Crippen molar-refractivity contribution in [2.75, 3.05) is 5.32 Å². The molecule has 0 spiro atoms. The summed E-state index contributed by atoms with van der Waals surface area (Å²) in [6, 6.07) is 5.63. The molecule has 2 N–H and O–H groups in total. The number of halogens is 3. The van der Waals surface area contributed by atoms with Crippen LogP contribution in [0.1, 0.15) is 46.9 Å². The average Bonchev–Trinajstić information content (AvgIpc) is 2.94. The Labute approximate surface area is 152 Å². The minimum atomic E-state index is -4.41. The topological polar surface area (TPSA) is 58.6 Å². The van der Waals surface area contributed by atoms with E-state index in [9.17, 15) is 23.1 Å². The van der Waals surface area contributed by atoms with E-state index < -0.39 is 29.5 Å². The van der Waals surface area contributed by atoms with Gasteiger partial charge in [0, 0.05) is 11.8 Å². The summed E-state index contributed by atoms with van der Waals surface area (Å²) in [5.74, 6) is 0.383. The highest BCUT2D eigenvalue weighted by molar-refractivity contribution is 7.14. The molecule has 0 aliphatic carbocycles. The molecular formula is C18H18F3NO3S. The lowest BCUT2D eigenvalue weighted by atomic mass is 9.90. The molecule has 1 aliphatic rings. The molecule has 140 valence electrons. The minimum Gasteiger partial charge on any atom is -0.484 e. The van der Waals surface area contributed by atoms with Crippen LogP contribution in [-0.4, -0.2) is 22.6 Å². The van der Waals surface area contributed by atoms with Crippen LogP contribution in [0.15, 0.2) is 30.3 Å². The first-order valence-electron chi connectivity index (χ1n) is 7.94. The first kappa shape index (κ1) is 18.7. The summed E-state index contributed by atoms with van der Waals surface area (Å²) in [7, 11) is 0. The van der Waals surface area contributed by atoms with Crippen molar-refractivity contribution >= 4 is 22.8 Å². The third kappa shape index (κ3) is 3.43. The first-order valence-corrected chi connectivity index (χ1v) is 8.76. The molecule has 0 amide bonds. The number of fused-ring (bicyclic) bond motifs is 1. The van der Waals surface area contributed by atoms with Crippen molar-refractivity contribution in [3.63, 3.8) is 0 Å². The number of hydrogen-bond donors (Lipinski definition) is 2. The number of ether oxygens (including phenoxy) is 1. The van der Waals surface area contributed by atoms with Crippen molar-refractivity contribution in [1.29, 1.82) is 0 Å². The Bertz CT molecular complexity index is 827. The number of hydrogen-bond acceptors (Lipinski definition) is 5. The fourth-order valence-corrected chi connectivity index (χ4v) is 3.89. The van der Waals surface area contributed by atoms with Crippen LogP contribution in [0.2, 0.25) is 0 Å². The number of anilines is 1. The molecule has 26 heavy (non-hydrogen) atoms. The van der Waals surface area contributed by atoms with Crippen molar-refractivity contribution in [1.82, 2.24) is 0 Å². The van der Waals surface area contributed by atoms with Gasteiger partial charge in [-0.15, -0.1) is 11.3 Å². The van der Waals surface area contributed by atoms with Crippen LogP contribution < -0.4 is 10.1 Å². The Hall–Kier alpha value is -2.06. The maximum Gasteiger partial charge on any atom is 0.416 e. The number of nitrogens with one attached hydrogen (secondary N) is 1. The number of ketones is 1. The second-order valence-electron chi connectivity index (χ2n) is 6.74. The highest BCUT2D eigenvalue weighted by Crippen LogP contribution is 2.46. The molecule has 0 radical (unpaired) electrons. The van der Waals surface area contributed by atoms with Gasteiger partial charge >= 0.3 is 6.18 Å². The molecule has 2 aromatic rings. The summed E-state index contributed by atoms with van der Waals surface area (Å²) < 4.78 is 43.9. The summed E-state index contributed by atoms with van der Waals surface area (Å²) >= 11 is 1.21. The van der Waals surface area contributed by atoms with Gasteiger partial charge in [0.15, 0.2) is 5.78 Å². The summed E-state index contributed by atoms with van der Waals surface area (Å²) in [4.78, 5) is 12.8. The predicted molar refractivity (Wildman–Crippen MR) is 92.8 cm³/mol. The van der Waals surface area contributed by atoms with Gasteiger partial charge in [-0.2, -0.15) is 13.2 Å². The maximum atomic E-state index is 12.7. The highest BCUT2D eigenvalue weighted by atomic mass is 32.1.